The van der Waals surface area contributed by atoms with Crippen LogP contribution >= 0.6 is 0 Å². The van der Waals surface area contributed by atoms with Gasteiger partial charge in [-0.1, -0.05) is 6.07 Å². The van der Waals surface area contributed by atoms with Crippen molar-refractivity contribution in [3.63, 3.8) is 0 Å². The molecule has 0 saturated carbocycles. The van der Waals surface area contributed by atoms with E-state index in [9.17, 15) is 4.79 Å². The van der Waals surface area contributed by atoms with Gasteiger partial charge in [-0.25, -0.2) is 0 Å². The number of nitrogens with one attached hydrogen (secondary N) is 1. The number of benzene rings is 1. The van der Waals surface area contributed by atoms with Gasteiger partial charge in [0.05, 0.1) is 12.2 Å². The molecule has 2 N–H and O–H groups in total. The zero-order valence-corrected chi connectivity index (χ0v) is 11.3. The Labute approximate surface area is 117 Å². The smallest absolute Gasteiger partial charge is 0.323 e. The van der Waals surface area contributed by atoms with Gasteiger partial charge in [-0.3, -0.25) is 4.79 Å². The zero-order valence-electron chi connectivity index (χ0n) is 11.3. The molecule has 2 heterocycles. The lowest BCUT2D eigenvalue weighted by molar-refractivity contribution is -0.135. The molecule has 20 heavy (non-hydrogen) atoms. The third-order valence-electron chi connectivity index (χ3n) is 3.70. The molecule has 3 rings (SSSR count). The standard InChI is InChI=1S/C14H19N3O3/c18-13(19)10-17-8-9-20-12-3-1-2-11(14(12)17)16-6-4-15-5-7-16/h1-3,15H,4-10H2,(H,18,19). The summed E-state index contributed by atoms with van der Waals surface area (Å²) >= 11 is 0. The largest absolute Gasteiger partial charge is 0.489 e. The second-order valence-corrected chi connectivity index (χ2v) is 5.02. The fourth-order valence-corrected chi connectivity index (χ4v) is 2.80. The van der Waals surface area contributed by atoms with Crippen molar-refractivity contribution in [2.24, 2.45) is 0 Å². The van der Waals surface area contributed by atoms with E-state index in [1.165, 1.54) is 0 Å². The average Bonchev–Trinajstić information content (AvgIpc) is 2.47. The van der Waals surface area contributed by atoms with Crippen LogP contribution in [0.3, 0.4) is 0 Å². The summed E-state index contributed by atoms with van der Waals surface area (Å²) in [7, 11) is 0. The van der Waals surface area contributed by atoms with Crippen molar-refractivity contribution >= 4 is 17.3 Å². The Kier molecular flexibility index (Phi) is 3.64. The van der Waals surface area contributed by atoms with Crippen molar-refractivity contribution in [1.29, 1.82) is 0 Å². The van der Waals surface area contributed by atoms with Crippen molar-refractivity contribution in [3.8, 4) is 5.75 Å². The number of carboxylic acid groups (broad SMARTS) is 1. The molecular weight excluding hydrogens is 258 g/mol. The molecular formula is C14H19N3O3. The minimum absolute atomic E-state index is 0.0134. The van der Waals surface area contributed by atoms with Gasteiger partial charge in [0.15, 0.2) is 0 Å². The molecule has 2 aliphatic rings. The molecule has 1 fully saturated rings. The van der Waals surface area contributed by atoms with Crippen LogP contribution < -0.4 is 19.9 Å². The number of aliphatic carboxylic acids is 1. The monoisotopic (exact) mass is 277 g/mol. The van der Waals surface area contributed by atoms with Gasteiger partial charge in [0.1, 0.15) is 24.6 Å². The van der Waals surface area contributed by atoms with Gasteiger partial charge in [-0.2, -0.15) is 0 Å². The molecule has 1 saturated heterocycles. The van der Waals surface area contributed by atoms with Gasteiger partial charge in [-0.15, -0.1) is 0 Å². The Morgan fingerprint density at radius 3 is 2.85 bits per heavy atom. The third kappa shape index (κ3) is 2.51. The van der Waals surface area contributed by atoms with Crippen LogP contribution in [0.5, 0.6) is 5.75 Å². The second-order valence-electron chi connectivity index (χ2n) is 5.02. The van der Waals surface area contributed by atoms with Crippen LogP contribution in [0.25, 0.3) is 0 Å². The molecule has 6 heteroatoms. The van der Waals surface area contributed by atoms with Crippen molar-refractivity contribution in [3.05, 3.63) is 18.2 Å². The first-order valence-corrected chi connectivity index (χ1v) is 6.94. The molecule has 0 spiro atoms. The summed E-state index contributed by atoms with van der Waals surface area (Å²) in [6.45, 7) is 4.91. The molecule has 0 atom stereocenters. The molecule has 1 aromatic carbocycles. The molecule has 0 radical (unpaired) electrons. The first-order valence-electron chi connectivity index (χ1n) is 6.94. The summed E-state index contributed by atoms with van der Waals surface area (Å²) < 4.78 is 5.69. The maximum Gasteiger partial charge on any atom is 0.323 e. The molecule has 1 aromatic rings. The van der Waals surface area contributed by atoms with E-state index < -0.39 is 5.97 Å². The topological polar surface area (TPSA) is 65.0 Å². The first-order chi connectivity index (χ1) is 9.75. The number of rotatable bonds is 3. The van der Waals surface area contributed by atoms with Crippen molar-refractivity contribution in [2.75, 3.05) is 55.7 Å². The van der Waals surface area contributed by atoms with Crippen LogP contribution in [0.4, 0.5) is 11.4 Å². The Balaban J connectivity index is 1.96. The molecule has 2 aliphatic heterocycles. The molecule has 6 nitrogen and oxygen atoms in total. The number of fused-ring (bicyclic) bond motifs is 1. The number of hydrogen-bond acceptors (Lipinski definition) is 5. The third-order valence-corrected chi connectivity index (χ3v) is 3.70. The normalized spacial score (nSPS) is 18.4. The number of nitrogens with zero attached hydrogens (tertiary/aromatic N) is 2. The maximum atomic E-state index is 11.1. The lowest BCUT2D eigenvalue weighted by Crippen LogP contribution is -2.45. The summed E-state index contributed by atoms with van der Waals surface area (Å²) in [4.78, 5) is 15.3. The van der Waals surface area contributed by atoms with Crippen LogP contribution in [0.2, 0.25) is 0 Å². The highest BCUT2D eigenvalue weighted by Gasteiger charge is 2.26. The van der Waals surface area contributed by atoms with Gasteiger partial charge >= 0.3 is 5.97 Å². The zero-order chi connectivity index (χ0) is 13.9. The lowest BCUT2D eigenvalue weighted by Gasteiger charge is -2.37. The maximum absolute atomic E-state index is 11.1. The average molecular weight is 277 g/mol. The fraction of sp³-hybridized carbons (Fsp3) is 0.500. The predicted molar refractivity (Wildman–Crippen MR) is 76.9 cm³/mol. The lowest BCUT2D eigenvalue weighted by atomic mass is 10.1. The van der Waals surface area contributed by atoms with Crippen LogP contribution in [-0.2, 0) is 4.79 Å². The van der Waals surface area contributed by atoms with Crippen LogP contribution in [0, 0.1) is 0 Å². The number of para-hydroxylation sites is 1. The summed E-state index contributed by atoms with van der Waals surface area (Å²) in [6, 6.07) is 5.93. The molecule has 0 aromatic heterocycles. The van der Waals surface area contributed by atoms with Crippen LogP contribution in [0.1, 0.15) is 0 Å². The highest BCUT2D eigenvalue weighted by Crippen LogP contribution is 2.40. The summed E-state index contributed by atoms with van der Waals surface area (Å²) in [5.74, 6) is -0.0264. The van der Waals surface area contributed by atoms with E-state index in [1.54, 1.807) is 0 Å². The molecule has 0 unspecified atom stereocenters. The summed E-state index contributed by atoms with van der Waals surface area (Å²) in [5.41, 5.74) is 1.99. The summed E-state index contributed by atoms with van der Waals surface area (Å²) in [6.07, 6.45) is 0. The quantitative estimate of drug-likeness (QED) is 0.833. The van der Waals surface area contributed by atoms with Crippen LogP contribution in [-0.4, -0.2) is 57.0 Å². The number of anilines is 2. The van der Waals surface area contributed by atoms with E-state index in [2.05, 4.69) is 10.2 Å². The number of carbonyl (C=O) groups is 1. The highest BCUT2D eigenvalue weighted by atomic mass is 16.5. The Morgan fingerprint density at radius 1 is 1.30 bits per heavy atom. The predicted octanol–water partition coefficient (Wildman–Crippen LogP) is 0.380. The fourth-order valence-electron chi connectivity index (χ4n) is 2.80. The van der Waals surface area contributed by atoms with Gasteiger partial charge in [0.25, 0.3) is 0 Å². The Hall–Kier alpha value is -1.95. The first kappa shape index (κ1) is 13.1. The Morgan fingerprint density at radius 2 is 2.10 bits per heavy atom. The van der Waals surface area contributed by atoms with Crippen molar-refractivity contribution < 1.29 is 14.6 Å². The van der Waals surface area contributed by atoms with Gasteiger partial charge in [0, 0.05) is 26.2 Å². The van der Waals surface area contributed by atoms with Crippen LogP contribution in [0.15, 0.2) is 18.2 Å². The van der Waals surface area contributed by atoms with E-state index in [4.69, 9.17) is 9.84 Å². The number of piperazine rings is 1. The van der Waals surface area contributed by atoms with E-state index in [-0.39, 0.29) is 6.54 Å². The van der Waals surface area contributed by atoms with E-state index in [0.29, 0.717) is 13.2 Å². The van der Waals surface area contributed by atoms with Crippen molar-refractivity contribution in [2.45, 2.75) is 0 Å². The number of ether oxygens (including phenoxy) is 1. The van der Waals surface area contributed by atoms with Gasteiger partial charge in [0.2, 0.25) is 0 Å². The Bertz CT molecular complexity index is 500. The molecule has 0 aliphatic carbocycles. The molecule has 0 amide bonds. The second kappa shape index (κ2) is 5.58. The SMILES string of the molecule is O=C(O)CN1CCOc2cccc(N3CCNCC3)c21. The molecule has 108 valence electrons. The van der Waals surface area contributed by atoms with E-state index in [0.717, 1.165) is 43.3 Å². The van der Waals surface area contributed by atoms with Gasteiger partial charge < -0.3 is 25.0 Å². The van der Waals surface area contributed by atoms with E-state index in [1.807, 2.05) is 23.1 Å². The number of hydrogen-bond donors (Lipinski definition) is 2. The van der Waals surface area contributed by atoms with Gasteiger partial charge in [-0.05, 0) is 12.1 Å². The highest BCUT2D eigenvalue weighted by molar-refractivity contribution is 5.83. The minimum Gasteiger partial charge on any atom is -0.489 e. The van der Waals surface area contributed by atoms with Crippen molar-refractivity contribution in [1.82, 2.24) is 5.32 Å². The number of carboxylic acids is 1. The molecule has 0 bridgehead atoms. The summed E-state index contributed by atoms with van der Waals surface area (Å²) in [5, 5.41) is 12.4. The van der Waals surface area contributed by atoms with E-state index >= 15 is 0 Å². The minimum atomic E-state index is -0.812.